The molecule has 1 saturated carbocycles. The first-order valence-corrected chi connectivity index (χ1v) is 6.20. The van der Waals surface area contributed by atoms with E-state index in [1.165, 1.54) is 19.3 Å². The Morgan fingerprint density at radius 1 is 1.06 bits per heavy atom. The molecule has 1 fully saturated rings. The summed E-state index contributed by atoms with van der Waals surface area (Å²) in [4.78, 5) is 0. The van der Waals surface area contributed by atoms with Crippen LogP contribution in [0.1, 0.15) is 38.8 Å². The highest BCUT2D eigenvalue weighted by Crippen LogP contribution is 2.29. The molecule has 2 rings (SSSR count). The van der Waals surface area contributed by atoms with Crippen LogP contribution in [0.15, 0.2) is 12.1 Å². The van der Waals surface area contributed by atoms with E-state index in [0.717, 1.165) is 23.3 Å². The van der Waals surface area contributed by atoms with Crippen LogP contribution in [0.25, 0.3) is 0 Å². The number of aryl methyl sites for hydroxylation is 1. The average molecular weight is 219 g/mol. The standard InChI is InChI=1S/C13H21N3/c1-9-6-10(2)8-12(7-9)14-13-5-4-11(3)15-16-13/h4-5,9-10,12H,6-8H2,1-3H3,(H,14,16). The Hall–Kier alpha value is -1.12. The SMILES string of the molecule is Cc1ccc(NC2CC(C)CC(C)C2)nn1. The summed E-state index contributed by atoms with van der Waals surface area (Å²) < 4.78 is 0. The Labute approximate surface area is 97.7 Å². The first-order chi connectivity index (χ1) is 7.63. The van der Waals surface area contributed by atoms with E-state index in [4.69, 9.17) is 0 Å². The summed E-state index contributed by atoms with van der Waals surface area (Å²) in [5.41, 5.74) is 0.968. The maximum atomic E-state index is 4.16. The van der Waals surface area contributed by atoms with E-state index in [0.29, 0.717) is 6.04 Å². The van der Waals surface area contributed by atoms with E-state index in [2.05, 4.69) is 29.4 Å². The Bertz CT molecular complexity index is 324. The molecule has 88 valence electrons. The molecule has 16 heavy (non-hydrogen) atoms. The van der Waals surface area contributed by atoms with Crippen LogP contribution in [0.3, 0.4) is 0 Å². The fraction of sp³-hybridized carbons (Fsp3) is 0.692. The third-order valence-electron chi connectivity index (χ3n) is 3.33. The van der Waals surface area contributed by atoms with Gasteiger partial charge < -0.3 is 5.32 Å². The number of rotatable bonds is 2. The van der Waals surface area contributed by atoms with Crippen LogP contribution < -0.4 is 5.32 Å². The van der Waals surface area contributed by atoms with Crippen molar-refractivity contribution in [2.24, 2.45) is 11.8 Å². The molecule has 0 radical (unpaired) electrons. The minimum Gasteiger partial charge on any atom is -0.366 e. The summed E-state index contributed by atoms with van der Waals surface area (Å²) in [6, 6.07) is 4.59. The molecule has 3 nitrogen and oxygen atoms in total. The van der Waals surface area contributed by atoms with Crippen LogP contribution >= 0.6 is 0 Å². The highest BCUT2D eigenvalue weighted by molar-refractivity contribution is 5.34. The molecule has 0 saturated heterocycles. The first kappa shape index (κ1) is 11.4. The van der Waals surface area contributed by atoms with Crippen molar-refractivity contribution in [1.82, 2.24) is 10.2 Å². The van der Waals surface area contributed by atoms with E-state index in [-0.39, 0.29) is 0 Å². The van der Waals surface area contributed by atoms with Gasteiger partial charge in [0.25, 0.3) is 0 Å². The smallest absolute Gasteiger partial charge is 0.148 e. The van der Waals surface area contributed by atoms with Gasteiger partial charge in [0.1, 0.15) is 5.82 Å². The molecule has 3 heteroatoms. The Kier molecular flexibility index (Phi) is 3.42. The zero-order valence-corrected chi connectivity index (χ0v) is 10.4. The van der Waals surface area contributed by atoms with E-state index in [9.17, 15) is 0 Å². The third-order valence-corrected chi connectivity index (χ3v) is 3.33. The Morgan fingerprint density at radius 3 is 2.31 bits per heavy atom. The van der Waals surface area contributed by atoms with Crippen molar-refractivity contribution in [1.29, 1.82) is 0 Å². The number of nitrogens with one attached hydrogen (secondary N) is 1. The lowest BCUT2D eigenvalue weighted by atomic mass is 9.80. The van der Waals surface area contributed by atoms with Gasteiger partial charge in [0, 0.05) is 6.04 Å². The molecule has 1 aliphatic carbocycles. The molecule has 1 aliphatic rings. The van der Waals surface area contributed by atoms with E-state index in [1.54, 1.807) is 0 Å². The fourth-order valence-corrected chi connectivity index (χ4v) is 2.75. The lowest BCUT2D eigenvalue weighted by Gasteiger charge is -2.32. The average Bonchev–Trinajstić information content (AvgIpc) is 2.20. The van der Waals surface area contributed by atoms with Crippen LogP contribution in [0.4, 0.5) is 5.82 Å². The van der Waals surface area contributed by atoms with Crippen LogP contribution in [0.5, 0.6) is 0 Å². The van der Waals surface area contributed by atoms with E-state index >= 15 is 0 Å². The second-order valence-electron chi connectivity index (χ2n) is 5.32. The van der Waals surface area contributed by atoms with Crippen molar-refractivity contribution >= 4 is 5.82 Å². The number of hydrogen-bond donors (Lipinski definition) is 1. The van der Waals surface area contributed by atoms with Crippen molar-refractivity contribution in [3.05, 3.63) is 17.8 Å². The zero-order chi connectivity index (χ0) is 11.5. The second-order valence-corrected chi connectivity index (χ2v) is 5.32. The number of anilines is 1. The van der Waals surface area contributed by atoms with Crippen LogP contribution in [0.2, 0.25) is 0 Å². The van der Waals surface area contributed by atoms with Crippen LogP contribution in [0, 0.1) is 18.8 Å². The molecular weight excluding hydrogens is 198 g/mol. The van der Waals surface area contributed by atoms with E-state index < -0.39 is 0 Å². The summed E-state index contributed by atoms with van der Waals surface area (Å²) in [6.07, 6.45) is 3.86. The quantitative estimate of drug-likeness (QED) is 0.830. The summed E-state index contributed by atoms with van der Waals surface area (Å²) >= 11 is 0. The summed E-state index contributed by atoms with van der Waals surface area (Å²) in [6.45, 7) is 6.64. The molecule has 1 aromatic heterocycles. The molecule has 2 unspecified atom stereocenters. The summed E-state index contributed by atoms with van der Waals surface area (Å²) in [7, 11) is 0. The van der Waals surface area contributed by atoms with Gasteiger partial charge in [0.15, 0.2) is 0 Å². The largest absolute Gasteiger partial charge is 0.366 e. The topological polar surface area (TPSA) is 37.8 Å². The molecule has 0 spiro atoms. The summed E-state index contributed by atoms with van der Waals surface area (Å²) in [5.74, 6) is 2.55. The molecule has 0 aliphatic heterocycles. The number of hydrogen-bond acceptors (Lipinski definition) is 3. The highest BCUT2D eigenvalue weighted by atomic mass is 15.2. The molecule has 2 atom stereocenters. The second kappa shape index (κ2) is 4.81. The van der Waals surface area contributed by atoms with Crippen molar-refractivity contribution in [3.63, 3.8) is 0 Å². The normalized spacial score (nSPS) is 30.1. The maximum absolute atomic E-state index is 4.16. The molecular formula is C13H21N3. The molecule has 0 bridgehead atoms. The minimum absolute atomic E-state index is 0.566. The predicted molar refractivity (Wildman–Crippen MR) is 66.4 cm³/mol. The van der Waals surface area contributed by atoms with Crippen molar-refractivity contribution in [3.8, 4) is 0 Å². The minimum atomic E-state index is 0.566. The Morgan fingerprint density at radius 2 is 1.75 bits per heavy atom. The maximum Gasteiger partial charge on any atom is 0.148 e. The first-order valence-electron chi connectivity index (χ1n) is 6.20. The predicted octanol–water partition coefficient (Wildman–Crippen LogP) is 3.02. The zero-order valence-electron chi connectivity index (χ0n) is 10.4. The van der Waals surface area contributed by atoms with Crippen LogP contribution in [-0.2, 0) is 0 Å². The van der Waals surface area contributed by atoms with Gasteiger partial charge in [-0.2, -0.15) is 5.10 Å². The summed E-state index contributed by atoms with van der Waals surface area (Å²) in [5, 5.41) is 11.7. The van der Waals surface area contributed by atoms with Gasteiger partial charge in [-0.25, -0.2) is 0 Å². The van der Waals surface area contributed by atoms with Gasteiger partial charge in [-0.1, -0.05) is 13.8 Å². The van der Waals surface area contributed by atoms with Gasteiger partial charge in [-0.05, 0) is 50.2 Å². The van der Waals surface area contributed by atoms with Gasteiger partial charge >= 0.3 is 0 Å². The molecule has 1 aromatic rings. The van der Waals surface area contributed by atoms with Crippen molar-refractivity contribution in [2.75, 3.05) is 5.32 Å². The van der Waals surface area contributed by atoms with Crippen molar-refractivity contribution < 1.29 is 0 Å². The third kappa shape index (κ3) is 2.94. The lowest BCUT2D eigenvalue weighted by molar-refractivity contribution is 0.280. The van der Waals surface area contributed by atoms with Gasteiger partial charge in [0.05, 0.1) is 5.69 Å². The van der Waals surface area contributed by atoms with Gasteiger partial charge in [-0.3, -0.25) is 0 Å². The molecule has 1 heterocycles. The number of aromatic nitrogens is 2. The van der Waals surface area contributed by atoms with Gasteiger partial charge in [0.2, 0.25) is 0 Å². The number of nitrogens with zero attached hydrogens (tertiary/aromatic N) is 2. The van der Waals surface area contributed by atoms with E-state index in [1.807, 2.05) is 19.1 Å². The Balaban J connectivity index is 1.96. The fourth-order valence-electron chi connectivity index (χ4n) is 2.75. The molecule has 1 N–H and O–H groups in total. The van der Waals surface area contributed by atoms with Gasteiger partial charge in [-0.15, -0.1) is 5.10 Å². The molecule has 0 aromatic carbocycles. The monoisotopic (exact) mass is 219 g/mol. The highest BCUT2D eigenvalue weighted by Gasteiger charge is 2.23. The van der Waals surface area contributed by atoms with Crippen LogP contribution in [-0.4, -0.2) is 16.2 Å². The van der Waals surface area contributed by atoms with Crippen molar-refractivity contribution in [2.45, 2.75) is 46.1 Å². The lowest BCUT2D eigenvalue weighted by Crippen LogP contribution is -2.30. The molecule has 0 amide bonds.